The number of rotatable bonds is 4. The summed E-state index contributed by atoms with van der Waals surface area (Å²) in [5.41, 5.74) is 6.31. The Morgan fingerprint density at radius 2 is 2.07 bits per heavy atom. The smallest absolute Gasteiger partial charge is 0.221 e. The Hall–Kier alpha value is -1.55. The number of ether oxygens (including phenoxy) is 1. The van der Waals surface area contributed by atoms with Gasteiger partial charge in [0.25, 0.3) is 0 Å². The van der Waals surface area contributed by atoms with Gasteiger partial charge in [0.2, 0.25) is 5.91 Å². The van der Waals surface area contributed by atoms with Crippen LogP contribution in [0.2, 0.25) is 0 Å². The van der Waals surface area contributed by atoms with E-state index in [9.17, 15) is 4.79 Å². The van der Waals surface area contributed by atoms with Crippen LogP contribution < -0.4 is 15.8 Å². The standard InChI is InChI=1S/C11H16N2O2/c1-8(12)7-15-11-5-3-10(4-6-11)13-9(2)14/h3-6,8H,7,12H2,1-2H3,(H,13,14). The van der Waals surface area contributed by atoms with Crippen LogP contribution in [0.3, 0.4) is 0 Å². The molecule has 4 nitrogen and oxygen atoms in total. The van der Waals surface area contributed by atoms with E-state index < -0.39 is 0 Å². The second kappa shape index (κ2) is 5.36. The zero-order valence-electron chi connectivity index (χ0n) is 8.99. The lowest BCUT2D eigenvalue weighted by molar-refractivity contribution is -0.114. The van der Waals surface area contributed by atoms with Crippen LogP contribution in [0.25, 0.3) is 0 Å². The summed E-state index contributed by atoms with van der Waals surface area (Å²) in [4.78, 5) is 10.8. The molecule has 0 heterocycles. The number of amides is 1. The summed E-state index contributed by atoms with van der Waals surface area (Å²) in [6.07, 6.45) is 0. The number of hydrogen-bond acceptors (Lipinski definition) is 3. The molecule has 3 N–H and O–H groups in total. The molecule has 0 fully saturated rings. The lowest BCUT2D eigenvalue weighted by Gasteiger charge is -2.09. The lowest BCUT2D eigenvalue weighted by atomic mass is 10.3. The van der Waals surface area contributed by atoms with E-state index in [0.717, 1.165) is 11.4 Å². The van der Waals surface area contributed by atoms with Gasteiger partial charge in [-0.3, -0.25) is 4.79 Å². The summed E-state index contributed by atoms with van der Waals surface area (Å²) in [5.74, 6) is 0.667. The SMILES string of the molecule is CC(=O)Nc1ccc(OCC(C)N)cc1. The minimum Gasteiger partial charge on any atom is -0.492 e. The van der Waals surface area contributed by atoms with Crippen molar-refractivity contribution in [1.82, 2.24) is 0 Å². The summed E-state index contributed by atoms with van der Waals surface area (Å²) in [5, 5.41) is 2.68. The molecule has 0 saturated carbocycles. The Kier molecular flexibility index (Phi) is 4.12. The number of nitrogens with two attached hydrogens (primary N) is 1. The van der Waals surface area contributed by atoms with Crippen molar-refractivity contribution in [2.24, 2.45) is 5.73 Å². The van der Waals surface area contributed by atoms with E-state index in [1.165, 1.54) is 6.92 Å². The van der Waals surface area contributed by atoms with Crippen LogP contribution in [0.4, 0.5) is 5.69 Å². The molecule has 1 atom stereocenters. The Labute approximate surface area is 89.4 Å². The molecule has 15 heavy (non-hydrogen) atoms. The number of carbonyl (C=O) groups is 1. The number of nitrogens with one attached hydrogen (secondary N) is 1. The molecule has 0 radical (unpaired) electrons. The normalized spacial score (nSPS) is 11.9. The minimum absolute atomic E-state index is 0.0139. The van der Waals surface area contributed by atoms with E-state index in [-0.39, 0.29) is 11.9 Å². The van der Waals surface area contributed by atoms with Crippen molar-refractivity contribution >= 4 is 11.6 Å². The molecule has 1 amide bonds. The molecule has 1 aromatic carbocycles. The van der Waals surface area contributed by atoms with Gasteiger partial charge in [-0.25, -0.2) is 0 Å². The molecule has 0 bridgehead atoms. The van der Waals surface area contributed by atoms with Gasteiger partial charge in [0.05, 0.1) is 0 Å². The van der Waals surface area contributed by atoms with Gasteiger partial charge in [-0.2, -0.15) is 0 Å². The first kappa shape index (κ1) is 11.5. The van der Waals surface area contributed by atoms with Crippen LogP contribution in [0.5, 0.6) is 5.75 Å². The number of anilines is 1. The Balaban J connectivity index is 2.52. The Morgan fingerprint density at radius 1 is 1.47 bits per heavy atom. The maximum absolute atomic E-state index is 10.8. The van der Waals surface area contributed by atoms with Crippen molar-refractivity contribution < 1.29 is 9.53 Å². The van der Waals surface area contributed by atoms with Gasteiger partial charge in [-0.1, -0.05) is 0 Å². The summed E-state index contributed by atoms with van der Waals surface area (Å²) in [6, 6.07) is 7.19. The molecule has 1 unspecified atom stereocenters. The number of hydrogen-bond donors (Lipinski definition) is 2. The molecule has 1 aromatic rings. The molecule has 0 aromatic heterocycles. The van der Waals surface area contributed by atoms with Crippen molar-refractivity contribution in [3.63, 3.8) is 0 Å². The Bertz CT molecular complexity index is 320. The quantitative estimate of drug-likeness (QED) is 0.785. The topological polar surface area (TPSA) is 64.3 Å². The molecule has 82 valence electrons. The van der Waals surface area contributed by atoms with Crippen LogP contribution in [0, 0.1) is 0 Å². The zero-order chi connectivity index (χ0) is 11.3. The molecular formula is C11H16N2O2. The second-order valence-corrected chi connectivity index (χ2v) is 3.49. The van der Waals surface area contributed by atoms with Crippen molar-refractivity contribution in [2.45, 2.75) is 19.9 Å². The van der Waals surface area contributed by atoms with Gasteiger partial charge < -0.3 is 15.8 Å². The summed E-state index contributed by atoms with van der Waals surface area (Å²) < 4.78 is 5.39. The summed E-state index contributed by atoms with van der Waals surface area (Å²) in [6.45, 7) is 3.84. The van der Waals surface area contributed by atoms with Crippen LogP contribution in [0.15, 0.2) is 24.3 Å². The van der Waals surface area contributed by atoms with Gasteiger partial charge >= 0.3 is 0 Å². The number of benzene rings is 1. The van der Waals surface area contributed by atoms with E-state index in [1.807, 2.05) is 6.92 Å². The summed E-state index contributed by atoms with van der Waals surface area (Å²) >= 11 is 0. The van der Waals surface area contributed by atoms with Crippen LogP contribution in [-0.2, 0) is 4.79 Å². The maximum atomic E-state index is 10.8. The van der Waals surface area contributed by atoms with Gasteiger partial charge in [0.15, 0.2) is 0 Å². The molecule has 0 saturated heterocycles. The molecule has 0 spiro atoms. The van der Waals surface area contributed by atoms with E-state index in [0.29, 0.717) is 6.61 Å². The first-order valence-corrected chi connectivity index (χ1v) is 4.84. The fourth-order valence-corrected chi connectivity index (χ4v) is 1.07. The first-order valence-electron chi connectivity index (χ1n) is 4.84. The van der Waals surface area contributed by atoms with Crippen LogP contribution in [-0.4, -0.2) is 18.6 Å². The minimum atomic E-state index is -0.0840. The third-order valence-electron chi connectivity index (χ3n) is 1.69. The van der Waals surface area contributed by atoms with E-state index >= 15 is 0 Å². The Morgan fingerprint density at radius 3 is 2.53 bits per heavy atom. The highest BCUT2D eigenvalue weighted by Crippen LogP contribution is 2.15. The van der Waals surface area contributed by atoms with Gasteiger partial charge in [0, 0.05) is 18.7 Å². The molecule has 0 aliphatic rings. The fourth-order valence-electron chi connectivity index (χ4n) is 1.07. The van der Waals surface area contributed by atoms with E-state index in [4.69, 9.17) is 10.5 Å². The summed E-state index contributed by atoms with van der Waals surface area (Å²) in [7, 11) is 0. The molecular weight excluding hydrogens is 192 g/mol. The fraction of sp³-hybridized carbons (Fsp3) is 0.364. The lowest BCUT2D eigenvalue weighted by Crippen LogP contribution is -2.23. The van der Waals surface area contributed by atoms with Gasteiger partial charge in [-0.15, -0.1) is 0 Å². The van der Waals surface area contributed by atoms with E-state index in [2.05, 4.69) is 5.32 Å². The second-order valence-electron chi connectivity index (χ2n) is 3.49. The maximum Gasteiger partial charge on any atom is 0.221 e. The van der Waals surface area contributed by atoms with Crippen LogP contribution >= 0.6 is 0 Å². The average molecular weight is 208 g/mol. The van der Waals surface area contributed by atoms with Crippen molar-refractivity contribution in [1.29, 1.82) is 0 Å². The highest BCUT2D eigenvalue weighted by molar-refractivity contribution is 5.88. The zero-order valence-corrected chi connectivity index (χ0v) is 8.99. The van der Waals surface area contributed by atoms with Crippen molar-refractivity contribution in [2.75, 3.05) is 11.9 Å². The third kappa shape index (κ3) is 4.46. The molecule has 4 heteroatoms. The van der Waals surface area contributed by atoms with Gasteiger partial charge in [0.1, 0.15) is 12.4 Å². The third-order valence-corrected chi connectivity index (χ3v) is 1.69. The van der Waals surface area contributed by atoms with Crippen LogP contribution in [0.1, 0.15) is 13.8 Å². The van der Waals surface area contributed by atoms with E-state index in [1.54, 1.807) is 24.3 Å². The number of carbonyl (C=O) groups excluding carboxylic acids is 1. The highest BCUT2D eigenvalue weighted by atomic mass is 16.5. The first-order chi connectivity index (χ1) is 7.08. The predicted molar refractivity (Wildman–Crippen MR) is 59.9 cm³/mol. The molecule has 0 aliphatic heterocycles. The highest BCUT2D eigenvalue weighted by Gasteiger charge is 1.98. The predicted octanol–water partition coefficient (Wildman–Crippen LogP) is 1.37. The average Bonchev–Trinajstić information content (AvgIpc) is 2.16. The molecule has 1 rings (SSSR count). The molecule has 0 aliphatic carbocycles. The van der Waals surface area contributed by atoms with Crippen molar-refractivity contribution in [3.05, 3.63) is 24.3 Å². The largest absolute Gasteiger partial charge is 0.492 e. The monoisotopic (exact) mass is 208 g/mol. The van der Waals surface area contributed by atoms with Gasteiger partial charge in [-0.05, 0) is 31.2 Å². The van der Waals surface area contributed by atoms with Crippen molar-refractivity contribution in [3.8, 4) is 5.75 Å².